The second-order valence-electron chi connectivity index (χ2n) is 4.08. The molecule has 2 aromatic rings. The predicted molar refractivity (Wildman–Crippen MR) is 79.9 cm³/mol. The molecule has 0 bridgehead atoms. The van der Waals surface area contributed by atoms with Crippen LogP contribution in [0.3, 0.4) is 0 Å². The summed E-state index contributed by atoms with van der Waals surface area (Å²) in [5.41, 5.74) is 6.99. The molecule has 0 saturated carbocycles. The second kappa shape index (κ2) is 5.51. The monoisotopic (exact) mass is 308 g/mol. The number of sulfonamides is 1. The number of hydrogen-bond acceptors (Lipinski definition) is 5. The van der Waals surface area contributed by atoms with Gasteiger partial charge in [-0.25, -0.2) is 18.4 Å². The van der Waals surface area contributed by atoms with Crippen molar-refractivity contribution in [3.8, 4) is 0 Å². The van der Waals surface area contributed by atoms with Crippen molar-refractivity contribution in [3.05, 3.63) is 48.0 Å². The van der Waals surface area contributed by atoms with Crippen LogP contribution in [0.5, 0.6) is 0 Å². The number of aryl methyl sites for hydroxylation is 1. The summed E-state index contributed by atoms with van der Waals surface area (Å²) in [4.78, 5) is 7.88. The van der Waals surface area contributed by atoms with E-state index in [1.165, 1.54) is 24.8 Å². The van der Waals surface area contributed by atoms with Gasteiger partial charge in [0.25, 0.3) is 10.0 Å². The first-order valence-electron chi connectivity index (χ1n) is 5.58. The van der Waals surface area contributed by atoms with E-state index in [1.54, 1.807) is 19.1 Å². The minimum absolute atomic E-state index is 0.154. The van der Waals surface area contributed by atoms with Gasteiger partial charge in [-0.2, -0.15) is 0 Å². The van der Waals surface area contributed by atoms with Crippen LogP contribution in [0.25, 0.3) is 0 Å². The van der Waals surface area contributed by atoms with Gasteiger partial charge in [0.2, 0.25) is 0 Å². The lowest BCUT2D eigenvalue weighted by Crippen LogP contribution is -2.16. The quantitative estimate of drug-likeness (QED) is 0.824. The molecule has 0 saturated heterocycles. The molecule has 2 rings (SSSR count). The number of nitrogens with two attached hydrogens (primary N) is 1. The Morgan fingerprint density at radius 1 is 1.30 bits per heavy atom. The van der Waals surface area contributed by atoms with Gasteiger partial charge in [-0.05, 0) is 24.6 Å². The van der Waals surface area contributed by atoms with E-state index in [0.717, 1.165) is 0 Å². The van der Waals surface area contributed by atoms with E-state index < -0.39 is 10.0 Å². The molecule has 104 valence electrons. The number of aromatic nitrogens is 2. The zero-order chi connectivity index (χ0) is 14.8. The Morgan fingerprint density at radius 3 is 2.50 bits per heavy atom. The molecule has 0 aliphatic carbocycles. The fraction of sp³-hybridized carbons (Fsp3) is 0.0833. The van der Waals surface area contributed by atoms with E-state index in [2.05, 4.69) is 14.7 Å². The van der Waals surface area contributed by atoms with Crippen molar-refractivity contribution < 1.29 is 8.42 Å². The third kappa shape index (κ3) is 3.09. The summed E-state index contributed by atoms with van der Waals surface area (Å²) in [5, 5.41) is 0. The van der Waals surface area contributed by atoms with E-state index in [4.69, 9.17) is 18.0 Å². The molecule has 1 heterocycles. The first kappa shape index (κ1) is 14.4. The molecule has 0 spiro atoms. The lowest BCUT2D eigenvalue weighted by molar-refractivity contribution is 0.600. The lowest BCUT2D eigenvalue weighted by atomic mass is 10.1. The largest absolute Gasteiger partial charge is 0.389 e. The van der Waals surface area contributed by atoms with Crippen molar-refractivity contribution in [2.75, 3.05) is 4.72 Å². The zero-order valence-electron chi connectivity index (χ0n) is 10.6. The molecule has 0 aliphatic rings. The molecular weight excluding hydrogens is 296 g/mol. The van der Waals surface area contributed by atoms with Crippen LogP contribution >= 0.6 is 12.2 Å². The third-order valence-electron chi connectivity index (χ3n) is 2.56. The van der Waals surface area contributed by atoms with E-state index >= 15 is 0 Å². The van der Waals surface area contributed by atoms with Crippen molar-refractivity contribution >= 4 is 32.9 Å². The third-order valence-corrected chi connectivity index (χ3v) is 4.34. The molecule has 0 aliphatic heterocycles. The van der Waals surface area contributed by atoms with Crippen molar-refractivity contribution in [1.29, 1.82) is 0 Å². The van der Waals surface area contributed by atoms with Crippen molar-refractivity contribution in [2.24, 2.45) is 5.73 Å². The summed E-state index contributed by atoms with van der Waals surface area (Å²) in [6, 6.07) is 4.68. The number of rotatable bonds is 4. The first-order valence-corrected chi connectivity index (χ1v) is 7.47. The first-order chi connectivity index (χ1) is 9.40. The molecule has 3 N–H and O–H groups in total. The van der Waals surface area contributed by atoms with Crippen LogP contribution in [0.4, 0.5) is 5.69 Å². The van der Waals surface area contributed by atoms with Crippen LogP contribution in [0.1, 0.15) is 11.1 Å². The fourth-order valence-corrected chi connectivity index (χ4v) is 3.05. The topological polar surface area (TPSA) is 98.0 Å². The molecule has 0 unspecified atom stereocenters. The average Bonchev–Trinajstić information content (AvgIpc) is 2.38. The highest BCUT2D eigenvalue weighted by Gasteiger charge is 2.17. The maximum absolute atomic E-state index is 12.3. The number of benzene rings is 1. The Morgan fingerprint density at radius 2 is 1.95 bits per heavy atom. The van der Waals surface area contributed by atoms with E-state index in [9.17, 15) is 8.42 Å². The van der Waals surface area contributed by atoms with Crippen LogP contribution in [0, 0.1) is 6.92 Å². The molecule has 8 heteroatoms. The number of nitrogens with zero attached hydrogens (tertiary/aromatic N) is 2. The Labute approximate surface area is 122 Å². The summed E-state index contributed by atoms with van der Waals surface area (Å²) >= 11 is 4.86. The summed E-state index contributed by atoms with van der Waals surface area (Å²) in [6.45, 7) is 1.68. The highest BCUT2D eigenvalue weighted by Crippen LogP contribution is 2.19. The van der Waals surface area contributed by atoms with Crippen molar-refractivity contribution in [3.63, 3.8) is 0 Å². The van der Waals surface area contributed by atoms with Gasteiger partial charge in [-0.15, -0.1) is 0 Å². The molecule has 0 amide bonds. The Bertz CT molecular complexity index is 745. The van der Waals surface area contributed by atoms with Crippen LogP contribution in [-0.4, -0.2) is 23.4 Å². The van der Waals surface area contributed by atoms with Crippen molar-refractivity contribution in [2.45, 2.75) is 11.8 Å². The van der Waals surface area contributed by atoms with Gasteiger partial charge in [0, 0.05) is 5.56 Å². The molecule has 0 atom stereocenters. The minimum Gasteiger partial charge on any atom is -0.389 e. The number of hydrogen-bond donors (Lipinski definition) is 2. The molecule has 0 fully saturated rings. The molecule has 0 radical (unpaired) electrons. The number of anilines is 1. The van der Waals surface area contributed by atoms with Crippen molar-refractivity contribution in [1.82, 2.24) is 9.97 Å². The molecule has 1 aromatic heterocycles. The molecular formula is C12H12N4O2S2. The van der Waals surface area contributed by atoms with E-state index in [0.29, 0.717) is 16.8 Å². The SMILES string of the molecule is Cc1cc(C(N)=S)ccc1S(=O)(=O)Nc1cncnc1. The lowest BCUT2D eigenvalue weighted by Gasteiger charge is -2.10. The summed E-state index contributed by atoms with van der Waals surface area (Å²) in [5.74, 6) is 0. The number of nitrogens with one attached hydrogen (secondary N) is 1. The van der Waals surface area contributed by atoms with Gasteiger partial charge in [-0.3, -0.25) is 4.72 Å². The van der Waals surface area contributed by atoms with Crippen LogP contribution in [0.15, 0.2) is 41.8 Å². The van der Waals surface area contributed by atoms with E-state index in [-0.39, 0.29) is 9.88 Å². The highest BCUT2D eigenvalue weighted by molar-refractivity contribution is 7.92. The van der Waals surface area contributed by atoms with Crippen LogP contribution in [-0.2, 0) is 10.0 Å². The molecule has 20 heavy (non-hydrogen) atoms. The number of thiocarbonyl (C=S) groups is 1. The average molecular weight is 308 g/mol. The molecule has 6 nitrogen and oxygen atoms in total. The minimum atomic E-state index is -3.70. The molecule has 1 aromatic carbocycles. The summed E-state index contributed by atoms with van der Waals surface area (Å²) in [7, 11) is -3.70. The summed E-state index contributed by atoms with van der Waals surface area (Å²) in [6.07, 6.45) is 4.08. The second-order valence-corrected chi connectivity index (χ2v) is 6.17. The Balaban J connectivity index is 2.37. The van der Waals surface area contributed by atoms with Gasteiger partial charge in [0.1, 0.15) is 11.3 Å². The highest BCUT2D eigenvalue weighted by atomic mass is 32.2. The smallest absolute Gasteiger partial charge is 0.262 e. The predicted octanol–water partition coefficient (Wildman–Crippen LogP) is 1.22. The van der Waals surface area contributed by atoms with Gasteiger partial charge in [-0.1, -0.05) is 18.3 Å². The normalized spacial score (nSPS) is 11.1. The zero-order valence-corrected chi connectivity index (χ0v) is 12.2. The maximum Gasteiger partial charge on any atom is 0.262 e. The standard InChI is InChI=1S/C12H12N4O2S2/c1-8-4-9(12(13)19)2-3-11(8)20(17,18)16-10-5-14-7-15-6-10/h2-7,16H,1H3,(H2,13,19). The maximum atomic E-state index is 12.3. The fourth-order valence-electron chi connectivity index (χ4n) is 1.67. The Hall–Kier alpha value is -2.06. The van der Waals surface area contributed by atoms with Crippen LogP contribution < -0.4 is 10.5 Å². The summed E-state index contributed by atoms with van der Waals surface area (Å²) < 4.78 is 27.0. The van der Waals surface area contributed by atoms with Gasteiger partial charge < -0.3 is 5.73 Å². The van der Waals surface area contributed by atoms with Gasteiger partial charge in [0.05, 0.1) is 23.0 Å². The van der Waals surface area contributed by atoms with E-state index in [1.807, 2.05) is 0 Å². The van der Waals surface area contributed by atoms with Gasteiger partial charge in [0.15, 0.2) is 0 Å². The van der Waals surface area contributed by atoms with Gasteiger partial charge >= 0.3 is 0 Å². The van der Waals surface area contributed by atoms with Crippen LogP contribution in [0.2, 0.25) is 0 Å². The Kier molecular flexibility index (Phi) is 3.96.